The van der Waals surface area contributed by atoms with Crippen LogP contribution in [0, 0.1) is 0 Å². The van der Waals surface area contributed by atoms with Crippen molar-refractivity contribution in [1.29, 1.82) is 0 Å². The maximum atomic E-state index is 12.4. The molecular weight excluding hydrogens is 480 g/mol. The molecule has 10 heteroatoms. The molecule has 2 rings (SSSR count). The number of rotatable bonds is 7. The molecule has 136 valence electrons. The highest BCUT2D eigenvalue weighted by Crippen LogP contribution is 2.50. The van der Waals surface area contributed by atoms with Gasteiger partial charge in [-0.05, 0) is 51.3 Å². The van der Waals surface area contributed by atoms with Crippen LogP contribution < -0.4 is 4.52 Å². The minimum absolute atomic E-state index is 0.107. The molecule has 0 aromatic heterocycles. The minimum Gasteiger partial charge on any atom is -0.420 e. The summed E-state index contributed by atoms with van der Waals surface area (Å²) in [5.74, 6) is 1.25. The highest BCUT2D eigenvalue weighted by atomic mass is 79.9. The number of hydrogen-bond donors (Lipinski definition) is 1. The number of halogens is 5. The highest BCUT2D eigenvalue weighted by Gasteiger charge is 2.34. The molecule has 0 heterocycles. The molecule has 0 radical (unpaired) electrons. The number of hydrogen-bond acceptors (Lipinski definition) is 3. The Balaban J connectivity index is 1.96. The van der Waals surface area contributed by atoms with E-state index in [1.54, 1.807) is 36.0 Å². The Morgan fingerprint density at radius 2 is 1.72 bits per heavy atom. The van der Waals surface area contributed by atoms with Crippen molar-refractivity contribution < 1.29 is 22.8 Å². The van der Waals surface area contributed by atoms with E-state index in [-0.39, 0.29) is 5.75 Å². The first-order chi connectivity index (χ1) is 11.7. The minimum atomic E-state index is -4.99. The van der Waals surface area contributed by atoms with Gasteiger partial charge in [0.05, 0.1) is 14.5 Å². The van der Waals surface area contributed by atoms with Gasteiger partial charge in [0.25, 0.3) is 0 Å². The summed E-state index contributed by atoms with van der Waals surface area (Å²) >= 11 is 16.6. The lowest BCUT2D eigenvalue weighted by Gasteiger charge is -2.14. The van der Waals surface area contributed by atoms with Crippen molar-refractivity contribution in [2.75, 3.05) is 0 Å². The monoisotopic (exact) mass is 490 g/mol. The van der Waals surface area contributed by atoms with E-state index in [4.69, 9.17) is 28.1 Å². The average molecular weight is 492 g/mol. The standard InChI is InChI=1S/C15H12BrCl2F2O3PS/c16-11-5-9(2-4-14(11)23-24(21,22)15(19)20)7-25-8-10-1-3-12(17)13(18)6-10/h1-6,15H,7-8H2,(H,21,22). The Labute approximate surface area is 166 Å². The molecule has 0 fully saturated rings. The second-order valence-electron chi connectivity index (χ2n) is 4.94. The van der Waals surface area contributed by atoms with Crippen molar-refractivity contribution in [3.8, 4) is 5.75 Å². The maximum Gasteiger partial charge on any atom is 0.442 e. The van der Waals surface area contributed by atoms with Crippen molar-refractivity contribution in [2.45, 2.75) is 17.7 Å². The van der Waals surface area contributed by atoms with E-state index in [2.05, 4.69) is 20.5 Å². The Bertz CT molecular complexity index is 810. The van der Waals surface area contributed by atoms with E-state index in [0.717, 1.165) is 11.1 Å². The average Bonchev–Trinajstić information content (AvgIpc) is 2.53. The molecule has 0 bridgehead atoms. The van der Waals surface area contributed by atoms with Gasteiger partial charge in [-0.2, -0.15) is 20.5 Å². The predicted molar refractivity (Wildman–Crippen MR) is 102 cm³/mol. The molecule has 0 amide bonds. The molecule has 1 N–H and O–H groups in total. The molecule has 0 aliphatic heterocycles. The van der Waals surface area contributed by atoms with Crippen LogP contribution in [0.2, 0.25) is 10.0 Å². The molecule has 1 atom stereocenters. The molecule has 2 aromatic carbocycles. The van der Waals surface area contributed by atoms with Crippen LogP contribution in [0.1, 0.15) is 11.1 Å². The van der Waals surface area contributed by atoms with Gasteiger partial charge in [0, 0.05) is 11.5 Å². The Hall–Kier alpha value is -0.300. The summed E-state index contributed by atoms with van der Waals surface area (Å²) in [7, 11) is -4.99. The van der Waals surface area contributed by atoms with Crippen LogP contribution in [0.25, 0.3) is 0 Å². The zero-order chi connectivity index (χ0) is 18.6. The lowest BCUT2D eigenvalue weighted by atomic mass is 10.2. The van der Waals surface area contributed by atoms with Gasteiger partial charge in [-0.25, -0.2) is 4.57 Å². The van der Waals surface area contributed by atoms with Gasteiger partial charge >= 0.3 is 13.8 Å². The van der Waals surface area contributed by atoms with E-state index in [1.807, 2.05) is 6.07 Å². The fourth-order valence-electron chi connectivity index (χ4n) is 1.81. The lowest BCUT2D eigenvalue weighted by molar-refractivity contribution is 0.188. The maximum absolute atomic E-state index is 12.4. The fourth-order valence-corrected chi connectivity index (χ4v) is 4.21. The number of benzene rings is 2. The molecule has 1 unspecified atom stereocenters. The van der Waals surface area contributed by atoms with Crippen molar-refractivity contribution >= 4 is 58.5 Å². The van der Waals surface area contributed by atoms with Gasteiger partial charge in [-0.3, -0.25) is 0 Å². The first kappa shape index (κ1) is 21.0. The van der Waals surface area contributed by atoms with Crippen LogP contribution in [-0.4, -0.2) is 11.1 Å². The number of alkyl halides is 2. The fraction of sp³-hybridized carbons (Fsp3) is 0.200. The normalized spacial score (nSPS) is 13.7. The highest BCUT2D eigenvalue weighted by molar-refractivity contribution is 9.10. The third-order valence-corrected chi connectivity index (χ3v) is 6.38. The van der Waals surface area contributed by atoms with E-state index < -0.39 is 13.8 Å². The van der Waals surface area contributed by atoms with Crippen molar-refractivity contribution in [3.05, 3.63) is 62.0 Å². The van der Waals surface area contributed by atoms with Crippen LogP contribution in [0.5, 0.6) is 5.75 Å². The van der Waals surface area contributed by atoms with Crippen LogP contribution in [-0.2, 0) is 16.1 Å². The van der Waals surface area contributed by atoms with Gasteiger partial charge < -0.3 is 9.42 Å². The molecule has 25 heavy (non-hydrogen) atoms. The zero-order valence-electron chi connectivity index (χ0n) is 12.5. The van der Waals surface area contributed by atoms with Crippen LogP contribution in [0.3, 0.4) is 0 Å². The molecule has 0 spiro atoms. The zero-order valence-corrected chi connectivity index (χ0v) is 17.3. The number of thioether (sulfide) groups is 1. The Morgan fingerprint density at radius 3 is 2.28 bits per heavy atom. The van der Waals surface area contributed by atoms with Crippen molar-refractivity contribution in [3.63, 3.8) is 0 Å². The van der Waals surface area contributed by atoms with E-state index in [9.17, 15) is 13.3 Å². The lowest BCUT2D eigenvalue weighted by Crippen LogP contribution is -2.01. The Morgan fingerprint density at radius 1 is 1.12 bits per heavy atom. The van der Waals surface area contributed by atoms with Crippen LogP contribution >= 0.6 is 58.5 Å². The summed E-state index contributed by atoms with van der Waals surface area (Å²) in [5, 5.41) is 0.997. The van der Waals surface area contributed by atoms with Gasteiger partial charge in [-0.1, -0.05) is 35.3 Å². The summed E-state index contributed by atoms with van der Waals surface area (Å²) in [6.07, 6.45) is -3.46. The third kappa shape index (κ3) is 6.12. The van der Waals surface area contributed by atoms with Gasteiger partial charge in [0.1, 0.15) is 5.75 Å². The molecule has 0 aliphatic rings. The second-order valence-corrected chi connectivity index (χ2v) is 9.29. The molecule has 0 aliphatic carbocycles. The van der Waals surface area contributed by atoms with E-state index in [1.165, 1.54) is 6.07 Å². The summed E-state index contributed by atoms with van der Waals surface area (Å²) < 4.78 is 40.9. The molecular formula is C15H12BrCl2F2O3PS. The molecule has 0 saturated heterocycles. The molecule has 2 aromatic rings. The summed E-state index contributed by atoms with van der Waals surface area (Å²) in [5.41, 5.74) is 1.92. The summed E-state index contributed by atoms with van der Waals surface area (Å²) in [4.78, 5) is 9.09. The molecule has 0 saturated carbocycles. The summed E-state index contributed by atoms with van der Waals surface area (Å²) in [6, 6.07) is 10.1. The second kappa shape index (κ2) is 9.07. The Kier molecular flexibility index (Phi) is 7.62. The van der Waals surface area contributed by atoms with Crippen LogP contribution in [0.4, 0.5) is 8.78 Å². The van der Waals surface area contributed by atoms with Gasteiger partial charge in [-0.15, -0.1) is 0 Å². The smallest absolute Gasteiger partial charge is 0.420 e. The third-order valence-electron chi connectivity index (χ3n) is 2.99. The molecule has 3 nitrogen and oxygen atoms in total. The van der Waals surface area contributed by atoms with Crippen molar-refractivity contribution in [2.24, 2.45) is 0 Å². The topological polar surface area (TPSA) is 46.5 Å². The van der Waals surface area contributed by atoms with Crippen molar-refractivity contribution in [1.82, 2.24) is 0 Å². The SMILES string of the molecule is O=P(O)(Oc1ccc(CSCc2ccc(Cl)c(Cl)c2)cc1Br)C(F)F. The van der Waals surface area contributed by atoms with Crippen LogP contribution in [0.15, 0.2) is 40.9 Å². The van der Waals surface area contributed by atoms with E-state index >= 15 is 0 Å². The largest absolute Gasteiger partial charge is 0.442 e. The van der Waals surface area contributed by atoms with Gasteiger partial charge in [0.2, 0.25) is 0 Å². The first-order valence-corrected chi connectivity index (χ1v) is 11.1. The predicted octanol–water partition coefficient (Wildman–Crippen LogP) is 6.98. The van der Waals surface area contributed by atoms with E-state index in [0.29, 0.717) is 26.0 Å². The van der Waals surface area contributed by atoms with Gasteiger partial charge in [0.15, 0.2) is 0 Å². The quantitative estimate of drug-likeness (QED) is 0.424. The summed E-state index contributed by atoms with van der Waals surface area (Å²) in [6.45, 7) is 0. The first-order valence-electron chi connectivity index (χ1n) is 6.79.